The second kappa shape index (κ2) is 2.70. The lowest BCUT2D eigenvalue weighted by Crippen LogP contribution is -2.67. The monoisotopic (exact) mass is 180 g/mol. The van der Waals surface area contributed by atoms with Crippen LogP contribution in [0.2, 0.25) is 0 Å². The predicted octanol–water partition coefficient (Wildman–Crippen LogP) is 0.651. The van der Waals surface area contributed by atoms with Gasteiger partial charge in [-0.2, -0.15) is 5.26 Å². The lowest BCUT2D eigenvalue weighted by Gasteiger charge is -2.47. The van der Waals surface area contributed by atoms with Crippen LogP contribution >= 0.6 is 0 Å². The molecule has 3 nitrogen and oxygen atoms in total. The molecule has 2 N–H and O–H groups in total. The van der Waals surface area contributed by atoms with Crippen molar-refractivity contribution in [2.75, 3.05) is 13.1 Å². The number of rotatable bonds is 1. The van der Waals surface area contributed by atoms with Crippen LogP contribution in [0.4, 0.5) is 0 Å². The second-order valence-electron chi connectivity index (χ2n) is 4.68. The highest BCUT2D eigenvalue weighted by molar-refractivity contribution is 5.19. The van der Waals surface area contributed by atoms with E-state index in [1.165, 1.54) is 0 Å². The second-order valence-corrected chi connectivity index (χ2v) is 4.68. The Bertz CT molecular complexity index is 254. The molecule has 2 fully saturated rings. The first-order chi connectivity index (χ1) is 6.12. The van der Waals surface area contributed by atoms with Gasteiger partial charge in [0, 0.05) is 13.1 Å². The largest absolute Gasteiger partial charge is 0.386 e. The van der Waals surface area contributed by atoms with E-state index in [0.29, 0.717) is 19.0 Å². The summed E-state index contributed by atoms with van der Waals surface area (Å²) in [7, 11) is 0. The molecule has 1 saturated carbocycles. The van der Waals surface area contributed by atoms with Crippen LogP contribution in [-0.4, -0.2) is 23.8 Å². The number of β-amino-alcohol motifs (C(OH)–C–C–N with tert-alkyl or cyclic N) is 1. The van der Waals surface area contributed by atoms with Crippen LogP contribution in [0, 0.1) is 22.7 Å². The van der Waals surface area contributed by atoms with Gasteiger partial charge in [0.15, 0.2) is 0 Å². The molecular formula is C10H16N2O. The van der Waals surface area contributed by atoms with Gasteiger partial charge in [-0.1, -0.05) is 6.92 Å². The molecule has 1 heterocycles. The van der Waals surface area contributed by atoms with Crippen molar-refractivity contribution in [1.29, 1.82) is 5.26 Å². The quantitative estimate of drug-likeness (QED) is 0.623. The smallest absolute Gasteiger partial charge is 0.108 e. The molecule has 2 unspecified atom stereocenters. The normalized spacial score (nSPS) is 42.4. The van der Waals surface area contributed by atoms with E-state index >= 15 is 0 Å². The van der Waals surface area contributed by atoms with E-state index in [1.807, 2.05) is 0 Å². The Hall–Kier alpha value is -0.590. The summed E-state index contributed by atoms with van der Waals surface area (Å²) in [5.74, 6) is 0.587. The minimum absolute atomic E-state index is 0.461. The van der Waals surface area contributed by atoms with E-state index in [1.54, 1.807) is 0 Å². The van der Waals surface area contributed by atoms with Crippen LogP contribution in [0.25, 0.3) is 0 Å². The predicted molar refractivity (Wildman–Crippen MR) is 48.9 cm³/mol. The molecule has 0 aromatic heterocycles. The topological polar surface area (TPSA) is 56.0 Å². The Kier molecular flexibility index (Phi) is 1.86. The molecule has 1 aliphatic carbocycles. The van der Waals surface area contributed by atoms with Crippen LogP contribution in [0.3, 0.4) is 0 Å². The molecule has 0 aromatic rings. The summed E-state index contributed by atoms with van der Waals surface area (Å²) in [4.78, 5) is 0. The molecule has 1 saturated heterocycles. The summed E-state index contributed by atoms with van der Waals surface area (Å²) in [6.07, 6.45) is 2.81. The molecule has 0 radical (unpaired) electrons. The minimum Gasteiger partial charge on any atom is -0.386 e. The lowest BCUT2D eigenvalue weighted by molar-refractivity contribution is -0.0929. The zero-order valence-electron chi connectivity index (χ0n) is 8.01. The molecule has 0 amide bonds. The molecule has 0 aromatic carbocycles. The summed E-state index contributed by atoms with van der Waals surface area (Å²) in [6.45, 7) is 3.34. The maximum Gasteiger partial charge on any atom is 0.108 e. The average molecular weight is 180 g/mol. The van der Waals surface area contributed by atoms with Gasteiger partial charge in [0.1, 0.15) is 5.60 Å². The van der Waals surface area contributed by atoms with Crippen LogP contribution in [0.5, 0.6) is 0 Å². The van der Waals surface area contributed by atoms with Crippen LogP contribution in [0.15, 0.2) is 0 Å². The molecule has 2 atom stereocenters. The summed E-state index contributed by atoms with van der Waals surface area (Å²) >= 11 is 0. The maximum atomic E-state index is 10.2. The van der Waals surface area contributed by atoms with Crippen molar-refractivity contribution in [2.24, 2.45) is 11.3 Å². The highest BCUT2D eigenvalue weighted by atomic mass is 16.3. The first kappa shape index (κ1) is 8.98. The van der Waals surface area contributed by atoms with Crippen molar-refractivity contribution in [3.8, 4) is 6.07 Å². The Morgan fingerprint density at radius 1 is 1.54 bits per heavy atom. The Labute approximate surface area is 78.7 Å². The van der Waals surface area contributed by atoms with Gasteiger partial charge in [-0.25, -0.2) is 0 Å². The van der Waals surface area contributed by atoms with E-state index in [0.717, 1.165) is 19.3 Å². The lowest BCUT2D eigenvalue weighted by atomic mass is 9.68. The number of nitrogens with zero attached hydrogens (tertiary/aromatic N) is 1. The third-order valence-corrected chi connectivity index (χ3v) is 3.70. The zero-order chi connectivity index (χ0) is 9.53. The fraction of sp³-hybridized carbons (Fsp3) is 0.900. The van der Waals surface area contributed by atoms with Gasteiger partial charge in [-0.3, -0.25) is 0 Å². The van der Waals surface area contributed by atoms with Gasteiger partial charge in [-0.05, 0) is 25.2 Å². The number of aliphatic hydroxyl groups is 1. The highest BCUT2D eigenvalue weighted by Crippen LogP contribution is 2.49. The fourth-order valence-corrected chi connectivity index (χ4v) is 2.62. The first-order valence-corrected chi connectivity index (χ1v) is 4.96. The Balaban J connectivity index is 2.22. The molecule has 1 aliphatic heterocycles. The Morgan fingerprint density at radius 3 is 2.54 bits per heavy atom. The molecule has 2 rings (SSSR count). The van der Waals surface area contributed by atoms with Gasteiger partial charge < -0.3 is 10.4 Å². The molecule has 0 spiro atoms. The SMILES string of the molecule is CC1CCC(C#N)(C2(O)CNC2)C1. The molecule has 2 aliphatic rings. The summed E-state index contributed by atoms with van der Waals surface area (Å²) in [5, 5.41) is 22.4. The summed E-state index contributed by atoms with van der Waals surface area (Å²) in [5.41, 5.74) is -1.20. The fourth-order valence-electron chi connectivity index (χ4n) is 2.62. The van der Waals surface area contributed by atoms with Gasteiger partial charge >= 0.3 is 0 Å². The van der Waals surface area contributed by atoms with Crippen molar-refractivity contribution in [2.45, 2.75) is 31.8 Å². The van der Waals surface area contributed by atoms with Crippen LogP contribution in [-0.2, 0) is 0 Å². The summed E-state index contributed by atoms with van der Waals surface area (Å²) in [6, 6.07) is 2.36. The van der Waals surface area contributed by atoms with E-state index in [4.69, 9.17) is 0 Å². The third-order valence-electron chi connectivity index (χ3n) is 3.70. The van der Waals surface area contributed by atoms with Crippen molar-refractivity contribution >= 4 is 0 Å². The number of hydrogen-bond donors (Lipinski definition) is 2. The molecular weight excluding hydrogens is 164 g/mol. The standard InChI is InChI=1S/C10H16N2O/c1-8-2-3-9(4-8,5-11)10(13)6-12-7-10/h8,12-13H,2-4,6-7H2,1H3. The number of nitrogens with one attached hydrogen (secondary N) is 1. The average Bonchev–Trinajstić information content (AvgIpc) is 2.44. The van der Waals surface area contributed by atoms with E-state index in [-0.39, 0.29) is 0 Å². The molecule has 72 valence electrons. The maximum absolute atomic E-state index is 10.2. The highest BCUT2D eigenvalue weighted by Gasteiger charge is 2.57. The van der Waals surface area contributed by atoms with E-state index in [9.17, 15) is 10.4 Å². The van der Waals surface area contributed by atoms with Crippen molar-refractivity contribution in [3.63, 3.8) is 0 Å². The van der Waals surface area contributed by atoms with Crippen LogP contribution < -0.4 is 5.32 Å². The number of nitriles is 1. The molecule has 3 heteroatoms. The van der Waals surface area contributed by atoms with Crippen molar-refractivity contribution in [3.05, 3.63) is 0 Å². The van der Waals surface area contributed by atoms with Crippen molar-refractivity contribution in [1.82, 2.24) is 5.32 Å². The van der Waals surface area contributed by atoms with Gasteiger partial charge in [0.25, 0.3) is 0 Å². The Morgan fingerprint density at radius 2 is 2.23 bits per heavy atom. The van der Waals surface area contributed by atoms with Gasteiger partial charge in [-0.15, -0.1) is 0 Å². The first-order valence-electron chi connectivity index (χ1n) is 4.96. The zero-order valence-corrected chi connectivity index (χ0v) is 8.01. The van der Waals surface area contributed by atoms with E-state index in [2.05, 4.69) is 18.3 Å². The summed E-state index contributed by atoms with van der Waals surface area (Å²) < 4.78 is 0. The third kappa shape index (κ3) is 1.09. The van der Waals surface area contributed by atoms with Crippen molar-refractivity contribution < 1.29 is 5.11 Å². The molecule has 0 bridgehead atoms. The minimum atomic E-state index is -0.744. The van der Waals surface area contributed by atoms with E-state index < -0.39 is 11.0 Å². The molecule has 13 heavy (non-hydrogen) atoms. The van der Waals surface area contributed by atoms with Gasteiger partial charge in [0.2, 0.25) is 0 Å². The number of hydrogen-bond acceptors (Lipinski definition) is 3. The van der Waals surface area contributed by atoms with Gasteiger partial charge in [0.05, 0.1) is 11.5 Å². The van der Waals surface area contributed by atoms with Crippen LogP contribution in [0.1, 0.15) is 26.2 Å².